The van der Waals surface area contributed by atoms with E-state index in [1.165, 1.54) is 17.7 Å². The van der Waals surface area contributed by atoms with Gasteiger partial charge < -0.3 is 29.7 Å². The van der Waals surface area contributed by atoms with Gasteiger partial charge in [0.2, 0.25) is 5.82 Å². The van der Waals surface area contributed by atoms with E-state index in [0.29, 0.717) is 39.4 Å². The molecule has 0 aliphatic carbocycles. The van der Waals surface area contributed by atoms with Crippen LogP contribution in [-0.4, -0.2) is 68.5 Å². The minimum Gasteiger partial charge on any atom is -0.507 e. The van der Waals surface area contributed by atoms with Gasteiger partial charge in [-0.15, -0.1) is 5.10 Å². The van der Waals surface area contributed by atoms with E-state index in [1.807, 2.05) is 38.1 Å². The Hall–Kier alpha value is -4.49. The van der Waals surface area contributed by atoms with Gasteiger partial charge in [-0.25, -0.2) is 4.68 Å². The lowest BCUT2D eigenvalue weighted by Crippen LogP contribution is -2.25. The summed E-state index contributed by atoms with van der Waals surface area (Å²) in [4.78, 5) is 25.0. The second kappa shape index (κ2) is 14.8. The van der Waals surface area contributed by atoms with Crippen LogP contribution in [0.3, 0.4) is 0 Å². The number of aromatic nitrogens is 4. The van der Waals surface area contributed by atoms with Crippen molar-refractivity contribution < 1.29 is 34.0 Å². The van der Waals surface area contributed by atoms with E-state index in [-0.39, 0.29) is 42.7 Å². The van der Waals surface area contributed by atoms with Crippen LogP contribution in [0.1, 0.15) is 57.9 Å². The molecule has 1 aromatic heterocycles. The van der Waals surface area contributed by atoms with Crippen LogP contribution in [0.2, 0.25) is 0 Å². The number of phenolic OH excluding ortho intramolecular Hbond substituents is 1. The molecule has 0 aliphatic rings. The molecule has 12 nitrogen and oxygen atoms in total. The molecule has 44 heavy (non-hydrogen) atoms. The number of methoxy groups -OCH3 is 1. The number of carbonyl (C=O) groups is 2. The Balaban J connectivity index is 1.39. The smallest absolute Gasteiger partial charge is 0.295 e. The summed E-state index contributed by atoms with van der Waals surface area (Å²) in [7, 11) is 1.59. The molecular weight excluding hydrogens is 634 g/mol. The number of amides is 1. The number of tetrazole rings is 1. The van der Waals surface area contributed by atoms with Crippen LogP contribution in [-0.2, 0) is 13.0 Å². The average Bonchev–Trinajstić information content (AvgIpc) is 3.46. The highest BCUT2D eigenvalue weighted by Gasteiger charge is 2.20. The summed E-state index contributed by atoms with van der Waals surface area (Å²) in [6.45, 7) is 5.23. The lowest BCUT2D eigenvalue weighted by molar-refractivity contribution is 0.0619. The van der Waals surface area contributed by atoms with Crippen molar-refractivity contribution in [2.45, 2.75) is 46.3 Å². The molecule has 4 aromatic rings. The predicted molar refractivity (Wildman–Crippen MR) is 166 cm³/mol. The molecule has 0 aliphatic heterocycles. The molecule has 232 valence electrons. The van der Waals surface area contributed by atoms with Gasteiger partial charge >= 0.3 is 0 Å². The zero-order chi connectivity index (χ0) is 31.8. The summed E-state index contributed by atoms with van der Waals surface area (Å²) >= 11 is 3.47. The zero-order valence-corrected chi connectivity index (χ0v) is 26.4. The van der Waals surface area contributed by atoms with Gasteiger partial charge in [0, 0.05) is 17.3 Å². The minimum absolute atomic E-state index is 0.0305. The molecule has 0 fully saturated rings. The summed E-state index contributed by atoms with van der Waals surface area (Å²) in [6, 6.07) is 13.9. The van der Waals surface area contributed by atoms with Crippen molar-refractivity contribution in [2.24, 2.45) is 0 Å². The summed E-state index contributed by atoms with van der Waals surface area (Å²) in [5, 5.41) is 35.5. The maximum Gasteiger partial charge on any atom is 0.295 e. The number of aliphatic hydroxyl groups excluding tert-OH is 1. The van der Waals surface area contributed by atoms with Crippen molar-refractivity contribution in [3.05, 3.63) is 81.1 Å². The maximum atomic E-state index is 13.1. The van der Waals surface area contributed by atoms with Gasteiger partial charge in [0.15, 0.2) is 5.78 Å². The molecule has 13 heteroatoms. The van der Waals surface area contributed by atoms with Crippen LogP contribution in [0.25, 0.3) is 0 Å². The quantitative estimate of drug-likeness (QED) is 0.161. The van der Waals surface area contributed by atoms with Gasteiger partial charge in [-0.3, -0.25) is 9.59 Å². The van der Waals surface area contributed by atoms with E-state index < -0.39 is 12.0 Å². The number of phenols is 1. The zero-order valence-electron chi connectivity index (χ0n) is 24.8. The molecule has 0 saturated heterocycles. The number of nitrogens with one attached hydrogen (secondary N) is 1. The largest absolute Gasteiger partial charge is 0.507 e. The van der Waals surface area contributed by atoms with E-state index in [2.05, 4.69) is 36.8 Å². The average molecular weight is 669 g/mol. The summed E-state index contributed by atoms with van der Waals surface area (Å²) in [5.74, 6) is 0.677. The van der Waals surface area contributed by atoms with Crippen molar-refractivity contribution in [1.82, 2.24) is 20.2 Å². The van der Waals surface area contributed by atoms with Crippen molar-refractivity contribution in [1.29, 1.82) is 0 Å². The number of aromatic hydroxyl groups is 1. The molecular formula is C31H34BrN5O7. The minimum atomic E-state index is -1.02. The maximum absolute atomic E-state index is 13.1. The molecule has 4 rings (SSSR count). The third-order valence-corrected chi connectivity index (χ3v) is 7.35. The Bertz CT molecular complexity index is 1620. The number of nitrogens with zero attached hydrogens (tertiary/aromatic N) is 4. The first kappa shape index (κ1) is 32.4. The van der Waals surface area contributed by atoms with E-state index in [9.17, 15) is 19.8 Å². The summed E-state index contributed by atoms with van der Waals surface area (Å²) in [5.41, 5.74) is 2.86. The van der Waals surface area contributed by atoms with Gasteiger partial charge in [-0.1, -0.05) is 25.5 Å². The monoisotopic (exact) mass is 667 g/mol. The van der Waals surface area contributed by atoms with Crippen LogP contribution in [0.15, 0.2) is 53.0 Å². The second-order valence-electron chi connectivity index (χ2n) is 10.1. The molecule has 3 N–H and O–H groups in total. The normalized spacial score (nSPS) is 11.6. The molecule has 0 bridgehead atoms. The fraction of sp³-hybridized carbons (Fsp3) is 0.323. The van der Waals surface area contributed by atoms with Gasteiger partial charge in [0.1, 0.15) is 42.3 Å². The Labute approximate surface area is 263 Å². The number of hydrogen-bond acceptors (Lipinski definition) is 10. The Morgan fingerprint density at radius 2 is 1.77 bits per heavy atom. The predicted octanol–water partition coefficient (Wildman–Crippen LogP) is 4.73. The molecule has 0 spiro atoms. The fourth-order valence-corrected chi connectivity index (χ4v) is 4.98. The van der Waals surface area contributed by atoms with E-state index in [4.69, 9.17) is 14.2 Å². The summed E-state index contributed by atoms with van der Waals surface area (Å²) < 4.78 is 18.9. The van der Waals surface area contributed by atoms with Gasteiger partial charge in [-0.2, -0.15) is 0 Å². The standard InChI is InChI=1S/C31H34BrN5O7/c1-5-6-24-27(12-11-23(19(3)38)29(24)40)43-16-21(39)17-44-28-14-26(18(2)13-25(28)32)33-31(41)30-34-35-36-37(30)15-20-7-9-22(42-4)10-8-20/h7-14,21,39-40H,5-6,15-17H2,1-4H3,(H,33,41). The van der Waals surface area contributed by atoms with Gasteiger partial charge in [-0.05, 0) is 88.1 Å². The van der Waals surface area contributed by atoms with E-state index >= 15 is 0 Å². The van der Waals surface area contributed by atoms with Crippen molar-refractivity contribution in [3.8, 4) is 23.0 Å². The first-order valence-corrected chi connectivity index (χ1v) is 14.7. The van der Waals surface area contributed by atoms with Gasteiger partial charge in [0.05, 0.1) is 23.7 Å². The number of benzene rings is 3. The number of ketones is 1. The second-order valence-corrected chi connectivity index (χ2v) is 10.9. The Morgan fingerprint density at radius 3 is 2.43 bits per heavy atom. The van der Waals surface area contributed by atoms with Crippen LogP contribution >= 0.6 is 15.9 Å². The number of carbonyl (C=O) groups excluding carboxylic acids is 2. The van der Waals surface area contributed by atoms with E-state index in [0.717, 1.165) is 17.5 Å². The Kier molecular flexibility index (Phi) is 10.9. The topological polar surface area (TPSA) is 158 Å². The molecule has 1 amide bonds. The Morgan fingerprint density at radius 1 is 1.07 bits per heavy atom. The van der Waals surface area contributed by atoms with E-state index in [1.54, 1.807) is 25.3 Å². The third-order valence-electron chi connectivity index (χ3n) is 6.73. The number of ether oxygens (including phenoxy) is 3. The van der Waals surface area contributed by atoms with Crippen molar-refractivity contribution in [2.75, 3.05) is 25.6 Å². The van der Waals surface area contributed by atoms with Crippen LogP contribution in [0.4, 0.5) is 5.69 Å². The lowest BCUT2D eigenvalue weighted by Gasteiger charge is -2.18. The number of hydrogen-bond donors (Lipinski definition) is 3. The number of halogens is 1. The molecule has 1 unspecified atom stereocenters. The third kappa shape index (κ3) is 7.91. The highest BCUT2D eigenvalue weighted by Crippen LogP contribution is 2.34. The highest BCUT2D eigenvalue weighted by atomic mass is 79.9. The molecule has 0 saturated carbocycles. The molecule has 3 aromatic carbocycles. The number of anilines is 1. The van der Waals surface area contributed by atoms with Crippen LogP contribution in [0.5, 0.6) is 23.0 Å². The van der Waals surface area contributed by atoms with Crippen LogP contribution < -0.4 is 19.5 Å². The number of aliphatic hydroxyl groups is 1. The fourth-order valence-electron chi connectivity index (χ4n) is 4.40. The number of aryl methyl sites for hydroxylation is 1. The first-order chi connectivity index (χ1) is 21.1. The first-order valence-electron chi connectivity index (χ1n) is 13.9. The molecule has 1 heterocycles. The van der Waals surface area contributed by atoms with Gasteiger partial charge in [0.25, 0.3) is 5.91 Å². The summed E-state index contributed by atoms with van der Waals surface area (Å²) in [6.07, 6.45) is 0.218. The van der Waals surface area contributed by atoms with Crippen LogP contribution in [0, 0.1) is 6.92 Å². The number of rotatable bonds is 14. The highest BCUT2D eigenvalue weighted by molar-refractivity contribution is 9.10. The van der Waals surface area contributed by atoms with Crippen molar-refractivity contribution in [3.63, 3.8) is 0 Å². The number of Topliss-reactive ketones (excluding diaryl/α,β-unsaturated/α-hetero) is 1. The molecule has 0 radical (unpaired) electrons. The SMILES string of the molecule is CCCc1c(OCC(O)COc2cc(NC(=O)c3nnnn3Cc3ccc(OC)cc3)c(C)cc2Br)ccc(C(C)=O)c1O. The molecule has 1 atom stereocenters. The lowest BCUT2D eigenvalue weighted by atomic mass is 10.0. The van der Waals surface area contributed by atoms with Crippen molar-refractivity contribution >= 4 is 33.3 Å².